The first-order chi connectivity index (χ1) is 13.1. The minimum absolute atomic E-state index is 0.148. The molecule has 134 valence electrons. The zero-order valence-electron chi connectivity index (χ0n) is 14.8. The van der Waals surface area contributed by atoms with Crippen LogP contribution in [0.5, 0.6) is 0 Å². The van der Waals surface area contributed by atoms with Gasteiger partial charge in [-0.3, -0.25) is 9.59 Å². The minimum atomic E-state index is -0.157. The molecule has 0 fully saturated rings. The lowest BCUT2D eigenvalue weighted by atomic mass is 10.0. The molecular formula is C22H18N2O3. The molecule has 0 aliphatic carbocycles. The Labute approximate surface area is 156 Å². The van der Waals surface area contributed by atoms with Crippen molar-refractivity contribution in [3.05, 3.63) is 72.5 Å². The van der Waals surface area contributed by atoms with E-state index in [1.165, 1.54) is 6.92 Å². The number of amides is 2. The van der Waals surface area contributed by atoms with Crippen molar-refractivity contribution in [3.8, 4) is 0 Å². The molecule has 0 aliphatic rings. The van der Waals surface area contributed by atoms with Gasteiger partial charge in [-0.05, 0) is 35.0 Å². The molecule has 4 aromatic rings. The Morgan fingerprint density at radius 1 is 0.926 bits per heavy atom. The number of furan rings is 1. The molecule has 27 heavy (non-hydrogen) atoms. The zero-order chi connectivity index (χ0) is 18.8. The molecular weight excluding hydrogens is 340 g/mol. The monoisotopic (exact) mass is 358 g/mol. The first-order valence-corrected chi connectivity index (χ1v) is 8.65. The quantitative estimate of drug-likeness (QED) is 0.554. The van der Waals surface area contributed by atoms with Gasteiger partial charge in [0, 0.05) is 29.2 Å². The van der Waals surface area contributed by atoms with Crippen molar-refractivity contribution in [1.82, 2.24) is 0 Å². The van der Waals surface area contributed by atoms with Gasteiger partial charge in [0.25, 0.3) is 0 Å². The van der Waals surface area contributed by atoms with Crippen molar-refractivity contribution >= 4 is 44.9 Å². The number of carbonyl (C=O) groups is 2. The number of fused-ring (bicyclic) bond motifs is 3. The summed E-state index contributed by atoms with van der Waals surface area (Å²) in [5.41, 5.74) is 2.88. The van der Waals surface area contributed by atoms with Crippen LogP contribution in [0.2, 0.25) is 0 Å². The van der Waals surface area contributed by atoms with Gasteiger partial charge in [-0.1, -0.05) is 36.4 Å². The summed E-state index contributed by atoms with van der Waals surface area (Å²) in [6, 6.07) is 19.0. The maximum absolute atomic E-state index is 12.6. The predicted octanol–water partition coefficient (Wildman–Crippen LogP) is 4.73. The molecule has 1 aromatic heterocycles. The Bertz CT molecular complexity index is 1160. The average Bonchev–Trinajstić information content (AvgIpc) is 3.04. The zero-order valence-corrected chi connectivity index (χ0v) is 14.8. The molecule has 5 nitrogen and oxygen atoms in total. The molecule has 0 unspecified atom stereocenters. The summed E-state index contributed by atoms with van der Waals surface area (Å²) in [5.74, 6) is -0.305. The Hall–Kier alpha value is -3.60. The first-order valence-electron chi connectivity index (χ1n) is 8.65. The highest BCUT2D eigenvalue weighted by molar-refractivity contribution is 6.09. The van der Waals surface area contributed by atoms with Crippen molar-refractivity contribution < 1.29 is 14.0 Å². The summed E-state index contributed by atoms with van der Waals surface area (Å²) >= 11 is 0. The van der Waals surface area contributed by atoms with Gasteiger partial charge in [0.15, 0.2) is 0 Å². The van der Waals surface area contributed by atoms with E-state index >= 15 is 0 Å². The highest BCUT2D eigenvalue weighted by Gasteiger charge is 2.13. The molecule has 0 radical (unpaired) electrons. The van der Waals surface area contributed by atoms with Crippen molar-refractivity contribution in [2.45, 2.75) is 13.3 Å². The highest BCUT2D eigenvalue weighted by atomic mass is 16.3. The summed E-state index contributed by atoms with van der Waals surface area (Å²) in [5, 5.41) is 8.72. The van der Waals surface area contributed by atoms with E-state index in [9.17, 15) is 9.59 Å². The summed E-state index contributed by atoms with van der Waals surface area (Å²) < 4.78 is 5.64. The maximum Gasteiger partial charge on any atom is 0.228 e. The van der Waals surface area contributed by atoms with Crippen LogP contribution in [0.15, 0.2) is 71.3 Å². The van der Waals surface area contributed by atoms with Crippen LogP contribution < -0.4 is 10.6 Å². The second-order valence-electron chi connectivity index (χ2n) is 6.41. The molecule has 0 bridgehead atoms. The van der Waals surface area contributed by atoms with Gasteiger partial charge in [0.05, 0.1) is 12.7 Å². The van der Waals surface area contributed by atoms with Gasteiger partial charge in [0.1, 0.15) is 5.58 Å². The number of anilines is 2. The number of carbonyl (C=O) groups excluding carboxylic acids is 2. The first kappa shape index (κ1) is 16.8. The lowest BCUT2D eigenvalue weighted by molar-refractivity contribution is -0.115. The fourth-order valence-corrected chi connectivity index (χ4v) is 3.26. The Morgan fingerprint density at radius 2 is 1.70 bits per heavy atom. The second kappa shape index (κ2) is 6.96. The predicted molar refractivity (Wildman–Crippen MR) is 107 cm³/mol. The van der Waals surface area contributed by atoms with Crippen LogP contribution in [0.1, 0.15) is 12.5 Å². The van der Waals surface area contributed by atoms with Crippen molar-refractivity contribution in [2.75, 3.05) is 10.6 Å². The summed E-state index contributed by atoms with van der Waals surface area (Å²) in [6.07, 6.45) is 1.84. The average molecular weight is 358 g/mol. The van der Waals surface area contributed by atoms with Crippen molar-refractivity contribution in [1.29, 1.82) is 0 Å². The largest absolute Gasteiger partial charge is 0.464 e. The van der Waals surface area contributed by atoms with Crippen molar-refractivity contribution in [2.24, 2.45) is 0 Å². The number of hydrogen-bond donors (Lipinski definition) is 2. The topological polar surface area (TPSA) is 71.3 Å². The maximum atomic E-state index is 12.6. The van der Waals surface area contributed by atoms with E-state index in [0.717, 1.165) is 27.3 Å². The molecule has 4 rings (SSSR count). The number of nitrogens with one attached hydrogen (secondary N) is 2. The summed E-state index contributed by atoms with van der Waals surface area (Å²) in [6.45, 7) is 1.44. The van der Waals surface area contributed by atoms with Gasteiger partial charge in [-0.15, -0.1) is 0 Å². The third-order valence-electron chi connectivity index (χ3n) is 4.36. The van der Waals surface area contributed by atoms with E-state index in [1.54, 1.807) is 30.5 Å². The number of rotatable bonds is 4. The molecule has 0 aliphatic heterocycles. The van der Waals surface area contributed by atoms with E-state index in [2.05, 4.69) is 10.6 Å². The van der Waals surface area contributed by atoms with Crippen LogP contribution >= 0.6 is 0 Å². The van der Waals surface area contributed by atoms with Gasteiger partial charge < -0.3 is 15.1 Å². The molecule has 1 heterocycles. The highest BCUT2D eigenvalue weighted by Crippen LogP contribution is 2.30. The molecule has 0 saturated heterocycles. The fraction of sp³-hybridized carbons (Fsp3) is 0.0909. The van der Waals surface area contributed by atoms with Crippen LogP contribution in [-0.4, -0.2) is 11.8 Å². The fourth-order valence-electron chi connectivity index (χ4n) is 3.26. The normalized spacial score (nSPS) is 10.9. The summed E-state index contributed by atoms with van der Waals surface area (Å²) in [7, 11) is 0. The van der Waals surface area contributed by atoms with Crippen LogP contribution in [-0.2, 0) is 16.0 Å². The van der Waals surface area contributed by atoms with Crippen LogP contribution in [0.4, 0.5) is 11.4 Å². The molecule has 0 spiro atoms. The Kier molecular flexibility index (Phi) is 4.34. The molecule has 0 atom stereocenters. The SMILES string of the molecule is CC(=O)Nc1cccc(NC(=O)Cc2coc3ccc4ccccc4c23)c1. The van der Waals surface area contributed by atoms with Gasteiger partial charge >= 0.3 is 0 Å². The van der Waals surface area contributed by atoms with Crippen molar-refractivity contribution in [3.63, 3.8) is 0 Å². The molecule has 2 N–H and O–H groups in total. The lowest BCUT2D eigenvalue weighted by Gasteiger charge is -2.08. The van der Waals surface area contributed by atoms with Gasteiger partial charge in [-0.2, -0.15) is 0 Å². The van der Waals surface area contributed by atoms with Crippen LogP contribution in [0, 0.1) is 0 Å². The van der Waals surface area contributed by atoms with E-state index in [-0.39, 0.29) is 18.2 Å². The van der Waals surface area contributed by atoms with E-state index < -0.39 is 0 Å². The minimum Gasteiger partial charge on any atom is -0.464 e. The smallest absolute Gasteiger partial charge is 0.228 e. The molecule has 2 amide bonds. The second-order valence-corrected chi connectivity index (χ2v) is 6.41. The van der Waals surface area contributed by atoms with Crippen LogP contribution in [0.25, 0.3) is 21.7 Å². The lowest BCUT2D eigenvalue weighted by Crippen LogP contribution is -2.14. The Balaban J connectivity index is 1.58. The molecule has 3 aromatic carbocycles. The molecule has 0 saturated carbocycles. The molecule has 5 heteroatoms. The van der Waals surface area contributed by atoms with E-state index in [1.807, 2.05) is 36.4 Å². The standard InChI is InChI=1S/C22H18N2O3/c1-14(25)23-17-6-4-7-18(12-17)24-21(26)11-16-13-27-20-10-9-15-5-2-3-8-19(15)22(16)20/h2-10,12-13H,11H2,1H3,(H,23,25)(H,24,26). The summed E-state index contributed by atoms with van der Waals surface area (Å²) in [4.78, 5) is 23.7. The van der Waals surface area contributed by atoms with E-state index in [4.69, 9.17) is 4.42 Å². The number of benzene rings is 3. The van der Waals surface area contributed by atoms with Crippen LogP contribution in [0.3, 0.4) is 0 Å². The third kappa shape index (κ3) is 3.53. The van der Waals surface area contributed by atoms with E-state index in [0.29, 0.717) is 11.4 Å². The van der Waals surface area contributed by atoms with Gasteiger partial charge in [0.2, 0.25) is 11.8 Å². The van der Waals surface area contributed by atoms with Gasteiger partial charge in [-0.25, -0.2) is 0 Å². The third-order valence-corrected chi connectivity index (χ3v) is 4.36. The Morgan fingerprint density at radius 3 is 2.52 bits per heavy atom. The number of hydrogen-bond acceptors (Lipinski definition) is 3.